The van der Waals surface area contributed by atoms with Gasteiger partial charge in [0.2, 0.25) is 0 Å². The predicted octanol–water partition coefficient (Wildman–Crippen LogP) is 2.33. The topological polar surface area (TPSA) is 42.7 Å². The lowest BCUT2D eigenvalue weighted by Gasteiger charge is -2.21. The first-order chi connectivity index (χ1) is 8.92. The van der Waals surface area contributed by atoms with Gasteiger partial charge in [-0.2, -0.15) is 0 Å². The third-order valence-corrected chi connectivity index (χ3v) is 5.40. The lowest BCUT2D eigenvalue weighted by Crippen LogP contribution is -2.29. The summed E-state index contributed by atoms with van der Waals surface area (Å²) in [5.74, 6) is 2.01. The van der Waals surface area contributed by atoms with Crippen LogP contribution in [0.4, 0.5) is 0 Å². The van der Waals surface area contributed by atoms with Gasteiger partial charge in [-0.15, -0.1) is 10.2 Å². The van der Waals surface area contributed by atoms with Crippen LogP contribution < -0.4 is 5.32 Å². The van der Waals surface area contributed by atoms with E-state index in [0.29, 0.717) is 0 Å². The van der Waals surface area contributed by atoms with Gasteiger partial charge >= 0.3 is 0 Å². The highest BCUT2D eigenvalue weighted by molar-refractivity contribution is 7.99. The SMILES string of the molecule is C1CC(Sc2nnc(C3CC3)n2C2CC2)CCN1. The van der Waals surface area contributed by atoms with E-state index in [1.807, 2.05) is 11.8 Å². The van der Waals surface area contributed by atoms with Crippen LogP contribution in [0.3, 0.4) is 0 Å². The molecule has 0 aromatic carbocycles. The fourth-order valence-corrected chi connectivity index (χ4v) is 3.94. The molecule has 4 rings (SSSR count). The molecule has 5 heteroatoms. The molecule has 1 N–H and O–H groups in total. The first kappa shape index (κ1) is 11.3. The van der Waals surface area contributed by atoms with Crippen molar-refractivity contribution >= 4 is 11.8 Å². The van der Waals surface area contributed by atoms with E-state index in [2.05, 4.69) is 20.1 Å². The lowest BCUT2D eigenvalue weighted by molar-refractivity contribution is 0.528. The Hall–Kier alpha value is -0.550. The smallest absolute Gasteiger partial charge is 0.191 e. The highest BCUT2D eigenvalue weighted by Crippen LogP contribution is 2.46. The Kier molecular flexibility index (Phi) is 2.84. The quantitative estimate of drug-likeness (QED) is 0.906. The molecule has 1 aromatic rings. The Bertz CT molecular complexity index is 430. The van der Waals surface area contributed by atoms with E-state index < -0.39 is 0 Å². The summed E-state index contributed by atoms with van der Waals surface area (Å²) in [5.41, 5.74) is 0. The zero-order chi connectivity index (χ0) is 11.9. The van der Waals surface area contributed by atoms with Crippen LogP contribution >= 0.6 is 11.8 Å². The van der Waals surface area contributed by atoms with Crippen molar-refractivity contribution in [3.05, 3.63) is 5.82 Å². The molecular weight excluding hydrogens is 244 g/mol. The van der Waals surface area contributed by atoms with Gasteiger partial charge in [-0.3, -0.25) is 0 Å². The second kappa shape index (κ2) is 4.53. The Balaban J connectivity index is 1.55. The van der Waals surface area contributed by atoms with Crippen molar-refractivity contribution in [1.29, 1.82) is 0 Å². The molecule has 1 aliphatic heterocycles. The zero-order valence-corrected chi connectivity index (χ0v) is 11.5. The average Bonchev–Trinajstić information content (AvgIpc) is 3.31. The molecule has 4 nitrogen and oxygen atoms in total. The van der Waals surface area contributed by atoms with Crippen molar-refractivity contribution in [2.45, 2.75) is 60.9 Å². The average molecular weight is 264 g/mol. The molecule has 3 fully saturated rings. The summed E-state index contributed by atoms with van der Waals surface area (Å²) in [6.07, 6.45) is 7.84. The fraction of sp³-hybridized carbons (Fsp3) is 0.846. The van der Waals surface area contributed by atoms with Crippen LogP contribution in [0.1, 0.15) is 56.3 Å². The van der Waals surface area contributed by atoms with Gasteiger partial charge in [0.25, 0.3) is 0 Å². The molecule has 0 bridgehead atoms. The highest BCUT2D eigenvalue weighted by atomic mass is 32.2. The minimum Gasteiger partial charge on any atom is -0.317 e. The van der Waals surface area contributed by atoms with Gasteiger partial charge in [0.05, 0.1) is 0 Å². The Morgan fingerprint density at radius 3 is 2.44 bits per heavy atom. The molecule has 0 spiro atoms. The first-order valence-electron chi connectivity index (χ1n) is 7.24. The maximum atomic E-state index is 4.49. The number of rotatable bonds is 4. The van der Waals surface area contributed by atoms with Gasteiger partial charge in [0, 0.05) is 17.2 Å². The summed E-state index contributed by atoms with van der Waals surface area (Å²) in [7, 11) is 0. The molecule has 0 atom stereocenters. The second-order valence-corrected chi connectivity index (χ2v) is 7.05. The number of hydrogen-bond acceptors (Lipinski definition) is 4. The van der Waals surface area contributed by atoms with Crippen molar-refractivity contribution in [1.82, 2.24) is 20.1 Å². The third-order valence-electron chi connectivity index (χ3n) is 4.10. The molecule has 3 aliphatic rings. The van der Waals surface area contributed by atoms with Gasteiger partial charge in [0.1, 0.15) is 5.82 Å². The summed E-state index contributed by atoms with van der Waals surface area (Å²) in [6, 6.07) is 0.722. The summed E-state index contributed by atoms with van der Waals surface area (Å²) >= 11 is 1.97. The maximum absolute atomic E-state index is 4.49. The second-order valence-electron chi connectivity index (χ2n) is 5.78. The molecule has 1 saturated heterocycles. The van der Waals surface area contributed by atoms with Crippen LogP contribution in [-0.4, -0.2) is 33.1 Å². The predicted molar refractivity (Wildman–Crippen MR) is 72.0 cm³/mol. The fourth-order valence-electron chi connectivity index (χ4n) is 2.73. The summed E-state index contributed by atoms with van der Waals surface area (Å²) < 4.78 is 2.48. The number of aromatic nitrogens is 3. The van der Waals surface area contributed by atoms with Crippen molar-refractivity contribution < 1.29 is 0 Å². The number of thioether (sulfide) groups is 1. The molecule has 18 heavy (non-hydrogen) atoms. The van der Waals surface area contributed by atoms with Gasteiger partial charge in [-0.25, -0.2) is 0 Å². The molecule has 98 valence electrons. The van der Waals surface area contributed by atoms with Crippen LogP contribution in [0.15, 0.2) is 5.16 Å². The number of nitrogens with zero attached hydrogens (tertiary/aromatic N) is 3. The minimum atomic E-state index is 0.722. The van der Waals surface area contributed by atoms with Crippen molar-refractivity contribution in [2.24, 2.45) is 0 Å². The van der Waals surface area contributed by atoms with Crippen LogP contribution in [0, 0.1) is 0 Å². The zero-order valence-electron chi connectivity index (χ0n) is 10.6. The van der Waals surface area contributed by atoms with Crippen LogP contribution in [0.2, 0.25) is 0 Å². The van der Waals surface area contributed by atoms with E-state index >= 15 is 0 Å². The van der Waals surface area contributed by atoms with E-state index in [9.17, 15) is 0 Å². The van der Waals surface area contributed by atoms with Crippen LogP contribution in [0.25, 0.3) is 0 Å². The standard InChI is InChI=1S/C13H20N4S/c1-2-9(1)12-15-16-13(17(12)10-3-4-10)18-11-5-7-14-8-6-11/h9-11,14H,1-8H2. The molecule has 2 saturated carbocycles. The van der Waals surface area contributed by atoms with Crippen LogP contribution in [-0.2, 0) is 0 Å². The largest absolute Gasteiger partial charge is 0.317 e. The highest BCUT2D eigenvalue weighted by Gasteiger charge is 2.36. The third kappa shape index (κ3) is 2.18. The van der Waals surface area contributed by atoms with Crippen molar-refractivity contribution in [3.63, 3.8) is 0 Å². The van der Waals surface area contributed by atoms with E-state index in [1.165, 1.54) is 49.5 Å². The van der Waals surface area contributed by atoms with Gasteiger partial charge < -0.3 is 9.88 Å². The summed E-state index contributed by atoms with van der Waals surface area (Å²) in [6.45, 7) is 2.31. The summed E-state index contributed by atoms with van der Waals surface area (Å²) in [4.78, 5) is 0. The van der Waals surface area contributed by atoms with Gasteiger partial charge in [0.15, 0.2) is 5.16 Å². The molecular formula is C13H20N4S. The molecule has 1 aromatic heterocycles. The number of nitrogens with one attached hydrogen (secondary N) is 1. The van der Waals surface area contributed by atoms with Gasteiger partial charge in [-0.1, -0.05) is 11.8 Å². The van der Waals surface area contributed by atoms with E-state index in [-0.39, 0.29) is 0 Å². The summed E-state index contributed by atoms with van der Waals surface area (Å²) in [5, 5.41) is 14.3. The monoisotopic (exact) mass is 264 g/mol. The maximum Gasteiger partial charge on any atom is 0.191 e. The molecule has 0 amide bonds. The van der Waals surface area contributed by atoms with E-state index in [0.717, 1.165) is 30.3 Å². The van der Waals surface area contributed by atoms with E-state index in [1.54, 1.807) is 0 Å². The first-order valence-corrected chi connectivity index (χ1v) is 8.12. The number of hydrogen-bond donors (Lipinski definition) is 1. The number of piperidine rings is 1. The Morgan fingerprint density at radius 1 is 1.00 bits per heavy atom. The Morgan fingerprint density at radius 2 is 1.78 bits per heavy atom. The van der Waals surface area contributed by atoms with Crippen molar-refractivity contribution in [3.8, 4) is 0 Å². The van der Waals surface area contributed by atoms with Crippen LogP contribution in [0.5, 0.6) is 0 Å². The molecule has 0 radical (unpaired) electrons. The molecule has 0 unspecified atom stereocenters. The van der Waals surface area contributed by atoms with E-state index in [4.69, 9.17) is 0 Å². The Labute approximate surface area is 112 Å². The van der Waals surface area contributed by atoms with Gasteiger partial charge in [-0.05, 0) is 51.6 Å². The minimum absolute atomic E-state index is 0.722. The van der Waals surface area contributed by atoms with Crippen molar-refractivity contribution in [2.75, 3.05) is 13.1 Å². The normalized spacial score (nSPS) is 25.6. The molecule has 2 heterocycles. The molecule has 2 aliphatic carbocycles. The lowest BCUT2D eigenvalue weighted by atomic mass is 10.2.